The lowest BCUT2D eigenvalue weighted by Gasteiger charge is -2.10. The number of anilines is 2. The molecule has 0 fully saturated rings. The van der Waals surface area contributed by atoms with Crippen molar-refractivity contribution in [3.8, 4) is 0 Å². The summed E-state index contributed by atoms with van der Waals surface area (Å²) in [5.41, 5.74) is 6.15. The Morgan fingerprint density at radius 2 is 1.81 bits per heavy atom. The number of pyridine rings is 1. The van der Waals surface area contributed by atoms with E-state index >= 15 is 0 Å². The minimum Gasteiger partial charge on any atom is -0.322 e. The summed E-state index contributed by atoms with van der Waals surface area (Å²) in [5, 5.41) is 7.87. The van der Waals surface area contributed by atoms with Gasteiger partial charge in [0.05, 0.1) is 39.1 Å². The number of halogens is 2. The van der Waals surface area contributed by atoms with Gasteiger partial charge in [-0.3, -0.25) is 10.2 Å². The standard InChI is InChI=1S/C23H20Cl2N6O/c1-14(29-30-20-11-3-4-12-26-20)13-31-15(2)27-22-18(9-6-10-19(22)31)28-23(32)21-16(24)7-5-8-17(21)25/h3-12H,13H2,1-2H3,(H,26,30)(H,28,32)/b29-14+. The molecule has 4 aromatic rings. The Bertz CT molecular complexity index is 1300. The highest BCUT2D eigenvalue weighted by atomic mass is 35.5. The quantitative estimate of drug-likeness (QED) is 0.278. The summed E-state index contributed by atoms with van der Waals surface area (Å²) in [6.07, 6.45) is 1.70. The van der Waals surface area contributed by atoms with Gasteiger partial charge in [0.2, 0.25) is 0 Å². The van der Waals surface area contributed by atoms with E-state index < -0.39 is 5.91 Å². The Morgan fingerprint density at radius 1 is 1.06 bits per heavy atom. The number of amides is 1. The van der Waals surface area contributed by atoms with Crippen molar-refractivity contribution in [1.29, 1.82) is 0 Å². The molecule has 7 nitrogen and oxygen atoms in total. The Labute approximate surface area is 195 Å². The van der Waals surface area contributed by atoms with Crippen LogP contribution in [0, 0.1) is 6.92 Å². The molecule has 1 amide bonds. The van der Waals surface area contributed by atoms with Crippen LogP contribution in [0.5, 0.6) is 0 Å². The van der Waals surface area contributed by atoms with Crippen LogP contribution in [0.15, 0.2) is 65.9 Å². The van der Waals surface area contributed by atoms with E-state index in [1.807, 2.05) is 48.7 Å². The maximum atomic E-state index is 12.8. The highest BCUT2D eigenvalue weighted by molar-refractivity contribution is 6.40. The molecule has 2 aromatic heterocycles. The molecule has 0 spiro atoms. The van der Waals surface area contributed by atoms with Crippen molar-refractivity contribution in [2.75, 3.05) is 10.7 Å². The van der Waals surface area contributed by atoms with Crippen LogP contribution < -0.4 is 10.7 Å². The van der Waals surface area contributed by atoms with Gasteiger partial charge in [0.15, 0.2) is 0 Å². The van der Waals surface area contributed by atoms with E-state index in [-0.39, 0.29) is 15.6 Å². The fourth-order valence-electron chi connectivity index (χ4n) is 3.31. The summed E-state index contributed by atoms with van der Waals surface area (Å²) in [6, 6.07) is 16.1. The van der Waals surface area contributed by atoms with Gasteiger partial charge in [-0.05, 0) is 50.2 Å². The largest absolute Gasteiger partial charge is 0.322 e. The zero-order chi connectivity index (χ0) is 22.7. The van der Waals surface area contributed by atoms with E-state index in [1.54, 1.807) is 30.5 Å². The average molecular weight is 467 g/mol. The SMILES string of the molecule is C/C(Cn1c(C)nc2c(NC(=O)c3c(Cl)cccc3Cl)cccc21)=N\Nc1ccccn1. The molecule has 0 atom stereocenters. The molecule has 0 radical (unpaired) electrons. The van der Waals surface area contributed by atoms with Gasteiger partial charge in [-0.2, -0.15) is 5.10 Å². The van der Waals surface area contributed by atoms with Crippen LogP contribution in [0.4, 0.5) is 11.5 Å². The van der Waals surface area contributed by atoms with Gasteiger partial charge < -0.3 is 9.88 Å². The average Bonchev–Trinajstić information content (AvgIpc) is 3.09. The molecule has 2 heterocycles. The Balaban J connectivity index is 1.60. The maximum absolute atomic E-state index is 12.8. The lowest BCUT2D eigenvalue weighted by Crippen LogP contribution is -2.13. The van der Waals surface area contributed by atoms with E-state index in [0.717, 1.165) is 17.1 Å². The second-order valence-electron chi connectivity index (χ2n) is 7.14. The number of aromatic nitrogens is 3. The molecule has 0 saturated carbocycles. The smallest absolute Gasteiger partial charge is 0.258 e. The molecule has 162 valence electrons. The molecule has 0 aliphatic carbocycles. The Morgan fingerprint density at radius 3 is 2.53 bits per heavy atom. The molecule has 0 saturated heterocycles. The van der Waals surface area contributed by atoms with Gasteiger partial charge in [-0.15, -0.1) is 0 Å². The second kappa shape index (κ2) is 9.38. The lowest BCUT2D eigenvalue weighted by atomic mass is 10.2. The van der Waals surface area contributed by atoms with E-state index in [1.165, 1.54) is 0 Å². The molecule has 9 heteroatoms. The third-order valence-electron chi connectivity index (χ3n) is 4.82. The van der Waals surface area contributed by atoms with Gasteiger partial charge in [-0.1, -0.05) is 41.4 Å². The Hall–Kier alpha value is -3.42. The number of rotatable bonds is 6. The number of nitrogens with one attached hydrogen (secondary N) is 2. The molecule has 2 aromatic carbocycles. The minimum absolute atomic E-state index is 0.229. The number of aryl methyl sites for hydroxylation is 1. The van der Waals surface area contributed by atoms with Crippen LogP contribution in [-0.4, -0.2) is 26.2 Å². The summed E-state index contributed by atoms with van der Waals surface area (Å²) in [4.78, 5) is 21.7. The zero-order valence-corrected chi connectivity index (χ0v) is 18.9. The molecule has 0 aliphatic heterocycles. The first-order valence-electron chi connectivity index (χ1n) is 9.85. The highest BCUT2D eigenvalue weighted by Crippen LogP contribution is 2.28. The molecule has 2 N–H and O–H groups in total. The molecule has 0 unspecified atom stereocenters. The summed E-state index contributed by atoms with van der Waals surface area (Å²) >= 11 is 12.4. The van der Waals surface area contributed by atoms with Crippen LogP contribution in [0.3, 0.4) is 0 Å². The van der Waals surface area contributed by atoms with Gasteiger partial charge in [-0.25, -0.2) is 9.97 Å². The van der Waals surface area contributed by atoms with Gasteiger partial charge >= 0.3 is 0 Å². The van der Waals surface area contributed by atoms with Crippen LogP contribution in [0.2, 0.25) is 10.0 Å². The Kier molecular flexibility index (Phi) is 6.39. The third-order valence-corrected chi connectivity index (χ3v) is 5.45. The van der Waals surface area contributed by atoms with Crippen LogP contribution >= 0.6 is 23.2 Å². The van der Waals surface area contributed by atoms with Crippen molar-refractivity contribution in [2.45, 2.75) is 20.4 Å². The maximum Gasteiger partial charge on any atom is 0.258 e. The number of para-hydroxylation sites is 1. The van der Waals surface area contributed by atoms with Crippen molar-refractivity contribution in [3.63, 3.8) is 0 Å². The van der Waals surface area contributed by atoms with Crippen LogP contribution in [0.25, 0.3) is 11.0 Å². The van der Waals surface area contributed by atoms with Crippen LogP contribution in [-0.2, 0) is 6.54 Å². The number of hydrogen-bond acceptors (Lipinski definition) is 5. The first kappa shape index (κ1) is 21.8. The molecular formula is C23H20Cl2N6O. The predicted octanol–water partition coefficient (Wildman–Crippen LogP) is 5.79. The normalized spacial score (nSPS) is 11.6. The highest BCUT2D eigenvalue weighted by Gasteiger charge is 2.18. The number of imidazole rings is 1. The number of fused-ring (bicyclic) bond motifs is 1. The number of benzene rings is 2. The minimum atomic E-state index is -0.391. The lowest BCUT2D eigenvalue weighted by molar-refractivity contribution is 0.102. The van der Waals surface area contributed by atoms with Crippen molar-refractivity contribution >= 4 is 57.4 Å². The first-order chi connectivity index (χ1) is 15.4. The fraction of sp³-hybridized carbons (Fsp3) is 0.130. The predicted molar refractivity (Wildman–Crippen MR) is 130 cm³/mol. The summed E-state index contributed by atoms with van der Waals surface area (Å²) in [6.45, 7) is 4.36. The van der Waals surface area contributed by atoms with Crippen LogP contribution in [0.1, 0.15) is 23.1 Å². The molecule has 0 aliphatic rings. The summed E-state index contributed by atoms with van der Waals surface area (Å²) < 4.78 is 2.03. The number of carbonyl (C=O) groups excluding carboxylic acids is 1. The zero-order valence-electron chi connectivity index (χ0n) is 17.4. The third kappa shape index (κ3) is 4.59. The number of hydrazone groups is 1. The summed E-state index contributed by atoms with van der Waals surface area (Å²) in [7, 11) is 0. The van der Waals surface area contributed by atoms with Crippen molar-refractivity contribution < 1.29 is 4.79 Å². The molecule has 4 rings (SSSR count). The first-order valence-corrected chi connectivity index (χ1v) is 10.6. The van der Waals surface area contributed by atoms with E-state index in [4.69, 9.17) is 23.2 Å². The van der Waals surface area contributed by atoms with E-state index in [0.29, 0.717) is 23.6 Å². The van der Waals surface area contributed by atoms with Gasteiger partial charge in [0.1, 0.15) is 17.2 Å². The van der Waals surface area contributed by atoms with Crippen molar-refractivity contribution in [1.82, 2.24) is 14.5 Å². The molecule has 32 heavy (non-hydrogen) atoms. The van der Waals surface area contributed by atoms with E-state index in [2.05, 4.69) is 25.8 Å². The number of carbonyl (C=O) groups is 1. The topological polar surface area (TPSA) is 84.2 Å². The van der Waals surface area contributed by atoms with Gasteiger partial charge in [0.25, 0.3) is 5.91 Å². The van der Waals surface area contributed by atoms with Crippen molar-refractivity contribution in [2.24, 2.45) is 5.10 Å². The summed E-state index contributed by atoms with van der Waals surface area (Å²) in [5.74, 6) is 1.07. The molecular weight excluding hydrogens is 447 g/mol. The second-order valence-corrected chi connectivity index (χ2v) is 7.96. The number of nitrogens with zero attached hydrogens (tertiary/aromatic N) is 4. The molecule has 0 bridgehead atoms. The van der Waals surface area contributed by atoms with Gasteiger partial charge in [0, 0.05) is 6.20 Å². The number of hydrogen-bond donors (Lipinski definition) is 2. The fourth-order valence-corrected chi connectivity index (χ4v) is 3.88. The van der Waals surface area contributed by atoms with Crippen molar-refractivity contribution in [3.05, 3.63) is 82.2 Å². The van der Waals surface area contributed by atoms with E-state index in [9.17, 15) is 4.79 Å². The monoisotopic (exact) mass is 466 g/mol.